The molecule has 0 bridgehead atoms. The van der Waals surface area contributed by atoms with Gasteiger partial charge in [-0.2, -0.15) is 5.10 Å². The Balaban J connectivity index is 2.33. The highest BCUT2D eigenvalue weighted by molar-refractivity contribution is 5.41. The molecule has 0 aliphatic heterocycles. The average Bonchev–Trinajstić information content (AvgIpc) is 2.83. The molecule has 0 fully saturated rings. The molecule has 5 heteroatoms. The summed E-state index contributed by atoms with van der Waals surface area (Å²) in [6.45, 7) is 7.21. The second-order valence-corrected chi connectivity index (χ2v) is 4.67. The van der Waals surface area contributed by atoms with Crippen LogP contribution in [0.5, 0.6) is 0 Å². The van der Waals surface area contributed by atoms with Crippen LogP contribution in [0.4, 0.5) is 5.82 Å². The fraction of sp³-hybridized carbons (Fsp3) is 0.500. The molecule has 2 rings (SSSR count). The smallest absolute Gasteiger partial charge is 0.159 e. The lowest BCUT2D eigenvalue weighted by Gasteiger charge is -2.09. The van der Waals surface area contributed by atoms with Crippen LogP contribution in [0.25, 0.3) is 5.82 Å². The van der Waals surface area contributed by atoms with Crippen molar-refractivity contribution in [1.29, 1.82) is 0 Å². The maximum Gasteiger partial charge on any atom is 0.159 e. The second-order valence-electron chi connectivity index (χ2n) is 4.67. The van der Waals surface area contributed by atoms with E-state index in [1.807, 2.05) is 25.4 Å². The topological polar surface area (TPSA) is 55.6 Å². The van der Waals surface area contributed by atoms with Crippen LogP contribution in [0, 0.1) is 6.92 Å². The van der Waals surface area contributed by atoms with Gasteiger partial charge >= 0.3 is 0 Å². The molecular formula is C14H21N5. The van der Waals surface area contributed by atoms with Crippen LogP contribution in [0.2, 0.25) is 0 Å². The Kier molecular flexibility index (Phi) is 4.49. The Morgan fingerprint density at radius 3 is 2.68 bits per heavy atom. The van der Waals surface area contributed by atoms with E-state index in [0.717, 1.165) is 48.8 Å². The number of nitrogens with one attached hydrogen (secondary N) is 1. The first kappa shape index (κ1) is 13.5. The zero-order valence-electron chi connectivity index (χ0n) is 11.8. The van der Waals surface area contributed by atoms with Gasteiger partial charge < -0.3 is 5.32 Å². The third kappa shape index (κ3) is 3.53. The minimum atomic E-state index is 0.824. The molecule has 0 spiro atoms. The van der Waals surface area contributed by atoms with E-state index >= 15 is 0 Å². The minimum absolute atomic E-state index is 0.824. The van der Waals surface area contributed by atoms with Crippen LogP contribution in [-0.4, -0.2) is 26.3 Å². The number of nitrogens with zero attached hydrogens (tertiary/aromatic N) is 4. The zero-order valence-corrected chi connectivity index (χ0v) is 11.8. The van der Waals surface area contributed by atoms with Gasteiger partial charge in [-0.1, -0.05) is 13.8 Å². The van der Waals surface area contributed by atoms with Gasteiger partial charge in [-0.3, -0.25) is 0 Å². The highest BCUT2D eigenvalue weighted by Gasteiger charge is 2.06. The van der Waals surface area contributed by atoms with Crippen molar-refractivity contribution in [3.05, 3.63) is 29.8 Å². The minimum Gasteiger partial charge on any atom is -0.370 e. The molecule has 2 aromatic heterocycles. The highest BCUT2D eigenvalue weighted by atomic mass is 15.3. The van der Waals surface area contributed by atoms with E-state index in [4.69, 9.17) is 0 Å². The average molecular weight is 259 g/mol. The fourth-order valence-electron chi connectivity index (χ4n) is 1.82. The van der Waals surface area contributed by atoms with Crippen molar-refractivity contribution in [2.45, 2.75) is 40.0 Å². The Hall–Kier alpha value is -1.91. The van der Waals surface area contributed by atoms with Gasteiger partial charge in [-0.15, -0.1) is 0 Å². The Morgan fingerprint density at radius 2 is 2.05 bits per heavy atom. The van der Waals surface area contributed by atoms with Crippen LogP contribution in [0.3, 0.4) is 0 Å². The summed E-state index contributed by atoms with van der Waals surface area (Å²) in [5.41, 5.74) is 1.12. The highest BCUT2D eigenvalue weighted by Crippen LogP contribution is 2.12. The predicted molar refractivity (Wildman–Crippen MR) is 76.7 cm³/mol. The lowest BCUT2D eigenvalue weighted by atomic mass is 10.3. The number of anilines is 1. The van der Waals surface area contributed by atoms with E-state index in [1.54, 1.807) is 4.68 Å². The number of hydrogen-bond donors (Lipinski definition) is 1. The summed E-state index contributed by atoms with van der Waals surface area (Å²) < 4.78 is 1.80. The first-order chi connectivity index (χ1) is 9.22. The fourth-order valence-corrected chi connectivity index (χ4v) is 1.82. The second kappa shape index (κ2) is 6.31. The first-order valence-corrected chi connectivity index (χ1v) is 6.86. The predicted octanol–water partition coefficient (Wildman–Crippen LogP) is 2.75. The van der Waals surface area contributed by atoms with Crippen LogP contribution in [0.1, 0.15) is 38.1 Å². The van der Waals surface area contributed by atoms with E-state index in [1.165, 1.54) is 0 Å². The van der Waals surface area contributed by atoms with Gasteiger partial charge in [0.2, 0.25) is 0 Å². The van der Waals surface area contributed by atoms with Crippen LogP contribution < -0.4 is 5.32 Å². The maximum absolute atomic E-state index is 4.56. The van der Waals surface area contributed by atoms with Crippen LogP contribution in [-0.2, 0) is 6.42 Å². The lowest BCUT2D eigenvalue weighted by Crippen LogP contribution is -2.09. The number of aromatic nitrogens is 4. The molecule has 5 nitrogen and oxygen atoms in total. The third-order valence-corrected chi connectivity index (χ3v) is 2.74. The summed E-state index contributed by atoms with van der Waals surface area (Å²) in [7, 11) is 0. The van der Waals surface area contributed by atoms with Gasteiger partial charge in [0, 0.05) is 25.2 Å². The Labute approximate surface area is 114 Å². The molecule has 0 saturated carbocycles. The van der Waals surface area contributed by atoms with Crippen molar-refractivity contribution in [1.82, 2.24) is 19.7 Å². The van der Waals surface area contributed by atoms with E-state index in [2.05, 4.69) is 34.2 Å². The summed E-state index contributed by atoms with van der Waals surface area (Å²) in [6, 6.07) is 1.95. The summed E-state index contributed by atoms with van der Waals surface area (Å²) in [5, 5.41) is 7.63. The molecule has 0 aliphatic rings. The molecule has 0 aromatic carbocycles. The molecule has 1 N–H and O–H groups in total. The molecule has 0 unspecified atom stereocenters. The van der Waals surface area contributed by atoms with Crippen LogP contribution in [0.15, 0.2) is 18.5 Å². The quantitative estimate of drug-likeness (QED) is 0.866. The largest absolute Gasteiger partial charge is 0.370 e. The van der Waals surface area contributed by atoms with Gasteiger partial charge in [0.05, 0.1) is 6.20 Å². The Morgan fingerprint density at radius 1 is 1.21 bits per heavy atom. The monoisotopic (exact) mass is 259 g/mol. The molecular weight excluding hydrogens is 238 g/mol. The van der Waals surface area contributed by atoms with Crippen molar-refractivity contribution in [3.63, 3.8) is 0 Å². The molecule has 0 amide bonds. The van der Waals surface area contributed by atoms with Crippen molar-refractivity contribution < 1.29 is 0 Å². The standard InChI is InChI=1S/C14H21N5/c1-4-6-12-17-13(15-7-5-2)8-14(18-12)19-10-11(3)9-16-19/h8-10H,4-7H2,1-3H3,(H,15,17,18). The normalized spacial score (nSPS) is 10.7. The van der Waals surface area contributed by atoms with Crippen LogP contribution >= 0.6 is 0 Å². The maximum atomic E-state index is 4.56. The van der Waals surface area contributed by atoms with Crippen molar-refractivity contribution in [3.8, 4) is 5.82 Å². The van der Waals surface area contributed by atoms with E-state index in [9.17, 15) is 0 Å². The van der Waals surface area contributed by atoms with E-state index in [-0.39, 0.29) is 0 Å². The third-order valence-electron chi connectivity index (χ3n) is 2.74. The molecule has 0 saturated heterocycles. The van der Waals surface area contributed by atoms with Gasteiger partial charge in [-0.05, 0) is 25.3 Å². The first-order valence-electron chi connectivity index (χ1n) is 6.86. The van der Waals surface area contributed by atoms with E-state index < -0.39 is 0 Å². The van der Waals surface area contributed by atoms with Crippen molar-refractivity contribution >= 4 is 5.82 Å². The van der Waals surface area contributed by atoms with Crippen molar-refractivity contribution in [2.75, 3.05) is 11.9 Å². The summed E-state index contributed by atoms with van der Waals surface area (Å²) in [6.07, 6.45) is 6.80. The van der Waals surface area contributed by atoms with Gasteiger partial charge in [0.1, 0.15) is 11.6 Å². The van der Waals surface area contributed by atoms with Gasteiger partial charge in [0.25, 0.3) is 0 Å². The SMILES string of the molecule is CCCNc1cc(-n2cc(C)cn2)nc(CCC)n1. The molecule has 2 heterocycles. The zero-order chi connectivity index (χ0) is 13.7. The summed E-state index contributed by atoms with van der Waals surface area (Å²) in [4.78, 5) is 9.09. The molecule has 0 radical (unpaired) electrons. The molecule has 0 aliphatic carbocycles. The molecule has 2 aromatic rings. The number of aryl methyl sites for hydroxylation is 2. The van der Waals surface area contributed by atoms with Gasteiger partial charge in [0.15, 0.2) is 5.82 Å². The number of rotatable bonds is 6. The summed E-state index contributed by atoms with van der Waals surface area (Å²) >= 11 is 0. The van der Waals surface area contributed by atoms with E-state index in [0.29, 0.717) is 0 Å². The molecule has 19 heavy (non-hydrogen) atoms. The van der Waals surface area contributed by atoms with Crippen molar-refractivity contribution in [2.24, 2.45) is 0 Å². The Bertz CT molecular complexity index is 532. The molecule has 0 atom stereocenters. The summed E-state index contributed by atoms with van der Waals surface area (Å²) in [5.74, 6) is 2.57. The molecule has 102 valence electrons. The lowest BCUT2D eigenvalue weighted by molar-refractivity contribution is 0.784. The number of hydrogen-bond acceptors (Lipinski definition) is 4. The van der Waals surface area contributed by atoms with Gasteiger partial charge in [-0.25, -0.2) is 14.6 Å².